The summed E-state index contributed by atoms with van der Waals surface area (Å²) in [4.78, 5) is 25.3. The number of amides is 1. The predicted molar refractivity (Wildman–Crippen MR) is 114 cm³/mol. The van der Waals surface area contributed by atoms with Crippen molar-refractivity contribution in [3.63, 3.8) is 0 Å². The van der Waals surface area contributed by atoms with Crippen molar-refractivity contribution in [2.45, 2.75) is 38.0 Å². The van der Waals surface area contributed by atoms with Crippen LogP contribution in [0.5, 0.6) is 0 Å². The molecular weight excluding hydrogens is 431 g/mol. The average molecular weight is 457 g/mol. The second-order valence-corrected chi connectivity index (χ2v) is 9.64. The van der Waals surface area contributed by atoms with Crippen LogP contribution in [0.25, 0.3) is 0 Å². The molecule has 1 aromatic carbocycles. The number of rotatable bonds is 10. The van der Waals surface area contributed by atoms with E-state index < -0.39 is 21.8 Å². The summed E-state index contributed by atoms with van der Waals surface area (Å²) in [7, 11) is -2.36. The number of esters is 1. The fourth-order valence-corrected chi connectivity index (χ4v) is 4.84. The zero-order valence-electron chi connectivity index (χ0n) is 17.1. The minimum atomic E-state index is -3.76. The number of benzene rings is 1. The maximum absolute atomic E-state index is 13.0. The Labute approximate surface area is 179 Å². The van der Waals surface area contributed by atoms with E-state index >= 15 is 0 Å². The van der Waals surface area contributed by atoms with Crippen molar-refractivity contribution < 1.29 is 27.1 Å². The SMILES string of the molecule is CCOC(=O)c1cc(CC)sc1NC(=O)CCCN(C)S(=O)(=O)c1ccc(F)cc1. The van der Waals surface area contributed by atoms with Crippen LogP contribution in [-0.2, 0) is 26.0 Å². The maximum atomic E-state index is 13.0. The number of carbonyl (C=O) groups is 2. The number of halogens is 1. The van der Waals surface area contributed by atoms with Gasteiger partial charge >= 0.3 is 5.97 Å². The number of sulfonamides is 1. The van der Waals surface area contributed by atoms with Gasteiger partial charge in [-0.15, -0.1) is 11.3 Å². The van der Waals surface area contributed by atoms with Gasteiger partial charge in [0.2, 0.25) is 15.9 Å². The van der Waals surface area contributed by atoms with Crippen LogP contribution < -0.4 is 5.32 Å². The zero-order chi connectivity index (χ0) is 22.3. The van der Waals surface area contributed by atoms with Gasteiger partial charge in [0.25, 0.3) is 0 Å². The molecule has 0 bridgehead atoms. The van der Waals surface area contributed by atoms with Crippen molar-refractivity contribution in [3.8, 4) is 0 Å². The molecule has 0 radical (unpaired) electrons. The van der Waals surface area contributed by atoms with E-state index in [4.69, 9.17) is 4.74 Å². The van der Waals surface area contributed by atoms with Gasteiger partial charge in [0.15, 0.2) is 0 Å². The molecule has 0 spiro atoms. The van der Waals surface area contributed by atoms with Gasteiger partial charge in [-0.25, -0.2) is 21.9 Å². The highest BCUT2D eigenvalue weighted by atomic mass is 32.2. The second kappa shape index (κ2) is 10.6. The molecule has 2 aromatic rings. The molecule has 0 fully saturated rings. The fraction of sp³-hybridized carbons (Fsp3) is 0.400. The van der Waals surface area contributed by atoms with E-state index in [1.165, 1.54) is 30.5 Å². The van der Waals surface area contributed by atoms with Crippen LogP contribution in [0.3, 0.4) is 0 Å². The largest absolute Gasteiger partial charge is 0.462 e. The molecule has 7 nitrogen and oxygen atoms in total. The number of hydrogen-bond donors (Lipinski definition) is 1. The first kappa shape index (κ1) is 24.0. The molecule has 30 heavy (non-hydrogen) atoms. The lowest BCUT2D eigenvalue weighted by atomic mass is 10.2. The minimum absolute atomic E-state index is 0.0133. The zero-order valence-corrected chi connectivity index (χ0v) is 18.7. The monoisotopic (exact) mass is 456 g/mol. The van der Waals surface area contributed by atoms with Crippen LogP contribution >= 0.6 is 11.3 Å². The highest BCUT2D eigenvalue weighted by Gasteiger charge is 2.21. The summed E-state index contributed by atoms with van der Waals surface area (Å²) in [5, 5.41) is 3.16. The number of thiophene rings is 1. The van der Waals surface area contributed by atoms with E-state index in [2.05, 4.69) is 5.32 Å². The number of aryl methyl sites for hydroxylation is 1. The van der Waals surface area contributed by atoms with Gasteiger partial charge in [-0.05, 0) is 50.1 Å². The van der Waals surface area contributed by atoms with E-state index in [0.29, 0.717) is 10.6 Å². The van der Waals surface area contributed by atoms with Gasteiger partial charge < -0.3 is 10.1 Å². The van der Waals surface area contributed by atoms with Crippen LogP contribution in [-0.4, -0.2) is 44.8 Å². The van der Waals surface area contributed by atoms with E-state index in [0.717, 1.165) is 27.7 Å². The van der Waals surface area contributed by atoms with E-state index in [9.17, 15) is 22.4 Å². The summed E-state index contributed by atoms with van der Waals surface area (Å²) >= 11 is 1.31. The topological polar surface area (TPSA) is 92.8 Å². The number of carbonyl (C=O) groups excluding carboxylic acids is 2. The summed E-state index contributed by atoms with van der Waals surface area (Å²) in [5.41, 5.74) is 0.322. The summed E-state index contributed by atoms with van der Waals surface area (Å²) in [6.45, 7) is 4.00. The Bertz CT molecular complexity index is 987. The quantitative estimate of drug-likeness (QED) is 0.551. The fourth-order valence-electron chi connectivity index (χ4n) is 2.63. The third kappa shape index (κ3) is 6.10. The molecule has 10 heteroatoms. The molecule has 164 valence electrons. The van der Waals surface area contributed by atoms with Crippen LogP contribution in [0.1, 0.15) is 41.9 Å². The van der Waals surface area contributed by atoms with Gasteiger partial charge in [-0.3, -0.25) is 4.79 Å². The molecule has 1 amide bonds. The van der Waals surface area contributed by atoms with Crippen molar-refractivity contribution in [1.29, 1.82) is 0 Å². The molecule has 0 aliphatic carbocycles. The molecule has 1 heterocycles. The molecule has 0 unspecified atom stereocenters. The highest BCUT2D eigenvalue weighted by Crippen LogP contribution is 2.29. The van der Waals surface area contributed by atoms with E-state index in [1.54, 1.807) is 13.0 Å². The first-order chi connectivity index (χ1) is 14.2. The van der Waals surface area contributed by atoms with E-state index in [-0.39, 0.29) is 36.8 Å². The Morgan fingerprint density at radius 3 is 2.47 bits per heavy atom. The Balaban J connectivity index is 1.94. The van der Waals surface area contributed by atoms with Crippen molar-refractivity contribution in [1.82, 2.24) is 4.31 Å². The number of anilines is 1. The first-order valence-corrected chi connectivity index (χ1v) is 11.8. The molecule has 1 N–H and O–H groups in total. The third-order valence-corrected chi connectivity index (χ3v) is 7.34. The van der Waals surface area contributed by atoms with Gasteiger partial charge in [-0.2, -0.15) is 0 Å². The molecule has 0 saturated heterocycles. The third-order valence-electron chi connectivity index (χ3n) is 4.28. The van der Waals surface area contributed by atoms with Crippen molar-refractivity contribution >= 4 is 38.2 Å². The number of ether oxygens (including phenoxy) is 1. The minimum Gasteiger partial charge on any atom is -0.462 e. The second-order valence-electron chi connectivity index (χ2n) is 6.46. The summed E-state index contributed by atoms with van der Waals surface area (Å²) in [5.74, 6) is -1.33. The average Bonchev–Trinajstić information content (AvgIpc) is 3.11. The predicted octanol–water partition coefficient (Wildman–Crippen LogP) is 3.67. The lowest BCUT2D eigenvalue weighted by Gasteiger charge is -2.17. The number of nitrogens with zero attached hydrogens (tertiary/aromatic N) is 1. The van der Waals surface area contributed by atoms with Crippen LogP contribution in [0.15, 0.2) is 35.2 Å². The van der Waals surface area contributed by atoms with Gasteiger partial charge in [0.05, 0.1) is 17.1 Å². The normalized spacial score (nSPS) is 11.5. The van der Waals surface area contributed by atoms with E-state index in [1.807, 2.05) is 6.92 Å². The lowest BCUT2D eigenvalue weighted by molar-refractivity contribution is -0.116. The molecule has 0 atom stereocenters. The van der Waals surface area contributed by atoms with Crippen molar-refractivity contribution in [3.05, 3.63) is 46.6 Å². The molecule has 1 aromatic heterocycles. The standard InChI is InChI=1S/C20H25FN2O5S2/c1-4-15-13-17(20(25)28-5-2)19(29-15)22-18(24)7-6-12-23(3)30(26,27)16-10-8-14(21)9-11-16/h8-11,13H,4-7,12H2,1-3H3,(H,22,24). The number of hydrogen-bond acceptors (Lipinski definition) is 6. The lowest BCUT2D eigenvalue weighted by Crippen LogP contribution is -2.28. The molecule has 0 aliphatic rings. The molecule has 0 saturated carbocycles. The Morgan fingerprint density at radius 1 is 1.20 bits per heavy atom. The van der Waals surface area contributed by atoms with Gasteiger partial charge in [-0.1, -0.05) is 6.92 Å². The molecular formula is C20H25FN2O5S2. The van der Waals surface area contributed by atoms with Crippen LogP contribution in [0, 0.1) is 5.82 Å². The Kier molecular flexibility index (Phi) is 8.51. The molecule has 0 aliphatic heterocycles. The van der Waals surface area contributed by atoms with Crippen LogP contribution in [0.2, 0.25) is 0 Å². The Morgan fingerprint density at radius 2 is 1.87 bits per heavy atom. The summed E-state index contributed by atoms with van der Waals surface area (Å²) in [6, 6.07) is 6.28. The summed E-state index contributed by atoms with van der Waals surface area (Å²) in [6.07, 6.45) is 1.08. The number of nitrogens with one attached hydrogen (secondary N) is 1. The van der Waals surface area contributed by atoms with Gasteiger partial charge in [0, 0.05) is 24.9 Å². The van der Waals surface area contributed by atoms with Crippen molar-refractivity contribution in [2.75, 3.05) is 25.5 Å². The smallest absolute Gasteiger partial charge is 0.341 e. The highest BCUT2D eigenvalue weighted by molar-refractivity contribution is 7.89. The maximum Gasteiger partial charge on any atom is 0.341 e. The first-order valence-electron chi connectivity index (χ1n) is 9.50. The molecule has 2 rings (SSSR count). The van der Waals surface area contributed by atoms with Crippen LogP contribution in [0.4, 0.5) is 9.39 Å². The Hall–Kier alpha value is -2.30. The van der Waals surface area contributed by atoms with Crippen molar-refractivity contribution in [2.24, 2.45) is 0 Å². The summed E-state index contributed by atoms with van der Waals surface area (Å²) < 4.78 is 44.1. The van der Waals surface area contributed by atoms with Gasteiger partial charge in [0.1, 0.15) is 10.8 Å².